The summed E-state index contributed by atoms with van der Waals surface area (Å²) in [6.07, 6.45) is 3.90. The Morgan fingerprint density at radius 1 is 1.45 bits per heavy atom. The van der Waals surface area contributed by atoms with E-state index in [1.807, 2.05) is 13.2 Å². The molecule has 5 nitrogen and oxygen atoms in total. The summed E-state index contributed by atoms with van der Waals surface area (Å²) >= 11 is 0. The number of hydrogen-bond acceptors (Lipinski definition) is 4. The van der Waals surface area contributed by atoms with Crippen molar-refractivity contribution in [3.63, 3.8) is 0 Å². The highest BCUT2D eigenvalue weighted by molar-refractivity contribution is 5.76. The summed E-state index contributed by atoms with van der Waals surface area (Å²) in [7, 11) is 2.02. The molecule has 0 amide bonds. The number of aryl methyl sites for hydroxylation is 1. The minimum Gasteiger partial charge on any atom is -0.481 e. The van der Waals surface area contributed by atoms with E-state index in [0.717, 1.165) is 38.2 Å². The first-order chi connectivity index (χ1) is 10.5. The van der Waals surface area contributed by atoms with Gasteiger partial charge in [0.2, 0.25) is 0 Å². The number of rotatable bonds is 4. The zero-order valence-corrected chi connectivity index (χ0v) is 13.5. The zero-order valence-electron chi connectivity index (χ0n) is 13.5. The molecule has 1 N–H and O–H groups in total. The number of hydrogen-bond donors (Lipinski definition) is 1. The highest BCUT2D eigenvalue weighted by Gasteiger charge is 2.54. The number of fused-ring (bicyclic) bond motifs is 1. The van der Waals surface area contributed by atoms with Gasteiger partial charge in [-0.1, -0.05) is 13.0 Å². The van der Waals surface area contributed by atoms with E-state index in [9.17, 15) is 9.90 Å². The SMILES string of the molecule is CCc1ccc(CN2C[C@@H]3CCN(C)C[C@]3(C(=O)O)C2)nc1. The molecule has 2 atom stereocenters. The number of nitrogens with zero attached hydrogens (tertiary/aromatic N) is 3. The summed E-state index contributed by atoms with van der Waals surface area (Å²) in [5.74, 6) is -0.378. The van der Waals surface area contributed by atoms with E-state index in [0.29, 0.717) is 13.1 Å². The van der Waals surface area contributed by atoms with Crippen LogP contribution in [0.2, 0.25) is 0 Å². The van der Waals surface area contributed by atoms with E-state index in [1.54, 1.807) is 0 Å². The van der Waals surface area contributed by atoms with Gasteiger partial charge in [0.15, 0.2) is 0 Å². The highest BCUT2D eigenvalue weighted by atomic mass is 16.4. The average Bonchev–Trinajstić information content (AvgIpc) is 2.86. The third-order valence-corrected chi connectivity index (χ3v) is 5.28. The third-order valence-electron chi connectivity index (χ3n) is 5.28. The van der Waals surface area contributed by atoms with E-state index in [4.69, 9.17) is 0 Å². The van der Waals surface area contributed by atoms with E-state index in [1.165, 1.54) is 5.56 Å². The fourth-order valence-electron chi connectivity index (χ4n) is 3.98. The van der Waals surface area contributed by atoms with Crippen molar-refractivity contribution >= 4 is 5.97 Å². The molecule has 0 radical (unpaired) electrons. The van der Waals surface area contributed by atoms with Gasteiger partial charge in [0.05, 0.1) is 11.1 Å². The van der Waals surface area contributed by atoms with Crippen LogP contribution in [0.15, 0.2) is 18.3 Å². The molecule has 5 heteroatoms. The first kappa shape index (κ1) is 15.4. The average molecular weight is 303 g/mol. The van der Waals surface area contributed by atoms with Gasteiger partial charge in [0.1, 0.15) is 0 Å². The van der Waals surface area contributed by atoms with Crippen LogP contribution in [-0.4, -0.2) is 59.1 Å². The minimum atomic E-state index is -0.638. The molecule has 1 aromatic rings. The fraction of sp³-hybridized carbons (Fsp3) is 0.647. The lowest BCUT2D eigenvalue weighted by Crippen LogP contribution is -2.52. The van der Waals surface area contributed by atoms with Crippen LogP contribution in [-0.2, 0) is 17.8 Å². The topological polar surface area (TPSA) is 56.7 Å². The molecular weight excluding hydrogens is 278 g/mol. The second kappa shape index (κ2) is 5.97. The molecule has 3 rings (SSSR count). The second-order valence-electron chi connectivity index (χ2n) is 6.87. The maximum Gasteiger partial charge on any atom is 0.312 e. The van der Waals surface area contributed by atoms with Gasteiger partial charge in [-0.2, -0.15) is 0 Å². The predicted molar refractivity (Wildman–Crippen MR) is 84.6 cm³/mol. The van der Waals surface area contributed by atoms with Crippen LogP contribution < -0.4 is 0 Å². The van der Waals surface area contributed by atoms with Crippen molar-refractivity contribution in [2.45, 2.75) is 26.3 Å². The molecule has 0 bridgehead atoms. The Morgan fingerprint density at radius 3 is 2.91 bits per heavy atom. The molecule has 2 aliphatic rings. The number of pyridine rings is 1. The van der Waals surface area contributed by atoms with E-state index in [-0.39, 0.29) is 5.92 Å². The molecule has 2 aliphatic heterocycles. The molecule has 3 heterocycles. The van der Waals surface area contributed by atoms with Crippen molar-refractivity contribution in [2.24, 2.45) is 11.3 Å². The lowest BCUT2D eigenvalue weighted by molar-refractivity contribution is -0.153. The number of carbonyl (C=O) groups is 1. The Hall–Kier alpha value is -1.46. The Balaban J connectivity index is 1.73. The molecule has 0 saturated carbocycles. The van der Waals surface area contributed by atoms with Crippen molar-refractivity contribution in [1.82, 2.24) is 14.8 Å². The number of carboxylic acids is 1. The summed E-state index contributed by atoms with van der Waals surface area (Å²) in [5.41, 5.74) is 1.67. The van der Waals surface area contributed by atoms with Crippen molar-refractivity contribution in [3.05, 3.63) is 29.6 Å². The molecule has 22 heavy (non-hydrogen) atoms. The molecule has 2 fully saturated rings. The third kappa shape index (κ3) is 2.75. The van der Waals surface area contributed by atoms with Crippen LogP contribution in [0.4, 0.5) is 0 Å². The van der Waals surface area contributed by atoms with Crippen molar-refractivity contribution in [2.75, 3.05) is 33.2 Å². The van der Waals surface area contributed by atoms with Gasteiger partial charge < -0.3 is 10.0 Å². The second-order valence-corrected chi connectivity index (χ2v) is 6.87. The molecule has 2 saturated heterocycles. The number of aliphatic carboxylic acids is 1. The Bertz CT molecular complexity index is 545. The number of piperidine rings is 1. The Kier molecular flexibility index (Phi) is 4.19. The van der Waals surface area contributed by atoms with Crippen molar-refractivity contribution in [3.8, 4) is 0 Å². The van der Waals surface area contributed by atoms with Crippen LogP contribution in [0.5, 0.6) is 0 Å². The molecule has 0 aromatic carbocycles. The highest BCUT2D eigenvalue weighted by Crippen LogP contribution is 2.42. The molecule has 0 aliphatic carbocycles. The molecule has 0 unspecified atom stereocenters. The monoisotopic (exact) mass is 303 g/mol. The first-order valence-electron chi connectivity index (χ1n) is 8.11. The van der Waals surface area contributed by atoms with Crippen LogP contribution in [0.3, 0.4) is 0 Å². The van der Waals surface area contributed by atoms with Gasteiger partial charge in [0, 0.05) is 32.4 Å². The summed E-state index contributed by atoms with van der Waals surface area (Å²) in [6, 6.07) is 4.19. The van der Waals surface area contributed by atoms with Gasteiger partial charge in [-0.15, -0.1) is 0 Å². The summed E-state index contributed by atoms with van der Waals surface area (Å²) < 4.78 is 0. The Labute approximate surface area is 131 Å². The van der Waals surface area contributed by atoms with Crippen molar-refractivity contribution < 1.29 is 9.90 Å². The molecular formula is C17H25N3O2. The smallest absolute Gasteiger partial charge is 0.312 e. The molecule has 0 spiro atoms. The van der Waals surface area contributed by atoms with Crippen molar-refractivity contribution in [1.29, 1.82) is 0 Å². The fourth-order valence-corrected chi connectivity index (χ4v) is 3.98. The van der Waals surface area contributed by atoms with Gasteiger partial charge in [-0.3, -0.25) is 14.7 Å². The molecule has 1 aromatic heterocycles. The number of likely N-dealkylation sites (tertiary alicyclic amines) is 2. The number of carboxylic acid groups (broad SMARTS) is 1. The number of aromatic nitrogens is 1. The summed E-state index contributed by atoms with van der Waals surface area (Å²) in [6.45, 7) is 6.03. The van der Waals surface area contributed by atoms with Crippen LogP contribution in [0.25, 0.3) is 0 Å². The zero-order chi connectivity index (χ0) is 15.7. The normalized spacial score (nSPS) is 29.5. The van der Waals surface area contributed by atoms with Crippen LogP contribution in [0, 0.1) is 11.3 Å². The lowest BCUT2D eigenvalue weighted by Gasteiger charge is -2.39. The van der Waals surface area contributed by atoms with E-state index in [2.05, 4.69) is 33.8 Å². The standard InChI is InChI=1S/C17H25N3O2/c1-3-13-4-5-15(18-8-13)10-20-9-14-6-7-19(2)11-17(14,12-20)16(21)22/h4-5,8,14H,3,6-7,9-12H2,1-2H3,(H,21,22)/t14-,17-/m0/s1. The van der Waals surface area contributed by atoms with Crippen LogP contribution >= 0.6 is 0 Å². The van der Waals surface area contributed by atoms with Gasteiger partial charge in [-0.25, -0.2) is 0 Å². The predicted octanol–water partition coefficient (Wildman–Crippen LogP) is 1.48. The molecule has 120 valence electrons. The summed E-state index contributed by atoms with van der Waals surface area (Å²) in [4.78, 5) is 20.9. The largest absolute Gasteiger partial charge is 0.481 e. The van der Waals surface area contributed by atoms with Gasteiger partial charge in [-0.05, 0) is 44.0 Å². The maximum atomic E-state index is 11.9. The summed E-state index contributed by atoms with van der Waals surface area (Å²) in [5, 5.41) is 9.80. The van der Waals surface area contributed by atoms with E-state index < -0.39 is 11.4 Å². The van der Waals surface area contributed by atoms with Gasteiger partial charge >= 0.3 is 5.97 Å². The minimum absolute atomic E-state index is 0.260. The maximum absolute atomic E-state index is 11.9. The van der Waals surface area contributed by atoms with E-state index >= 15 is 0 Å². The quantitative estimate of drug-likeness (QED) is 0.913. The van der Waals surface area contributed by atoms with Crippen LogP contribution in [0.1, 0.15) is 24.6 Å². The Morgan fingerprint density at radius 2 is 2.27 bits per heavy atom. The van der Waals surface area contributed by atoms with Gasteiger partial charge in [0.25, 0.3) is 0 Å². The lowest BCUT2D eigenvalue weighted by atomic mass is 9.73. The first-order valence-corrected chi connectivity index (χ1v) is 8.11.